The van der Waals surface area contributed by atoms with Crippen LogP contribution in [-0.4, -0.2) is 22.4 Å². The third kappa shape index (κ3) is 2.04. The first-order valence-electron chi connectivity index (χ1n) is 6.03. The smallest absolute Gasteiger partial charge is 0.258 e. The molecule has 0 saturated heterocycles. The van der Waals surface area contributed by atoms with E-state index in [1.165, 1.54) is 0 Å². The Labute approximate surface area is 118 Å². The summed E-state index contributed by atoms with van der Waals surface area (Å²) in [5, 5.41) is 13.7. The molecule has 1 aromatic carbocycles. The number of hydrogen-bond donors (Lipinski definition) is 1. The van der Waals surface area contributed by atoms with Gasteiger partial charge in [-0.25, -0.2) is 0 Å². The molecule has 100 valence electrons. The minimum absolute atomic E-state index is 0.141. The van der Waals surface area contributed by atoms with E-state index in [0.29, 0.717) is 21.8 Å². The van der Waals surface area contributed by atoms with Crippen LogP contribution in [0.4, 0.5) is 0 Å². The van der Waals surface area contributed by atoms with E-state index < -0.39 is 0 Å². The zero-order valence-corrected chi connectivity index (χ0v) is 12.0. The van der Waals surface area contributed by atoms with Crippen molar-refractivity contribution in [2.24, 2.45) is 0 Å². The zero-order chi connectivity index (χ0) is 13.5. The quantitative estimate of drug-likeness (QED) is 0.938. The van der Waals surface area contributed by atoms with Gasteiger partial charge in [0.1, 0.15) is 11.4 Å². The Hall–Kier alpha value is -1.40. The van der Waals surface area contributed by atoms with Crippen LogP contribution in [0.2, 0.25) is 0 Å². The predicted octanol–water partition coefficient (Wildman–Crippen LogP) is 3.23. The van der Waals surface area contributed by atoms with Gasteiger partial charge in [-0.2, -0.15) is 4.98 Å². The first-order chi connectivity index (χ1) is 9.14. The molecule has 1 aliphatic rings. The third-order valence-electron chi connectivity index (χ3n) is 3.58. The molecule has 5 nitrogen and oxygen atoms in total. The number of halogens is 1. The van der Waals surface area contributed by atoms with Crippen LogP contribution in [-0.2, 0) is 10.3 Å². The third-order valence-corrected chi connectivity index (χ3v) is 4.25. The molecule has 0 radical (unpaired) electrons. The van der Waals surface area contributed by atoms with Gasteiger partial charge >= 0.3 is 0 Å². The standard InChI is InChI=1S/C13H13BrN2O3/c1-18-13(5-2-6-13)12-15-11(19-16-12)8-3-4-9(14)10(17)7-8/h3-4,7,17H,2,5-6H2,1H3. The first-order valence-corrected chi connectivity index (χ1v) is 6.82. The minimum atomic E-state index is -0.390. The highest BCUT2D eigenvalue weighted by Crippen LogP contribution is 2.43. The number of aromatic nitrogens is 2. The summed E-state index contributed by atoms with van der Waals surface area (Å²) in [5.74, 6) is 1.11. The minimum Gasteiger partial charge on any atom is -0.507 e. The van der Waals surface area contributed by atoms with Gasteiger partial charge in [0.2, 0.25) is 5.82 Å². The van der Waals surface area contributed by atoms with Crippen molar-refractivity contribution in [1.29, 1.82) is 0 Å². The van der Waals surface area contributed by atoms with Gasteiger partial charge in [0.15, 0.2) is 0 Å². The van der Waals surface area contributed by atoms with Crippen molar-refractivity contribution in [3.05, 3.63) is 28.5 Å². The van der Waals surface area contributed by atoms with Gasteiger partial charge in [-0.15, -0.1) is 0 Å². The average Bonchev–Trinajstić information content (AvgIpc) is 2.82. The second kappa shape index (κ2) is 4.61. The molecule has 0 spiro atoms. The number of rotatable bonds is 3. The summed E-state index contributed by atoms with van der Waals surface area (Å²) in [6.45, 7) is 0. The van der Waals surface area contributed by atoms with Gasteiger partial charge in [-0.05, 0) is 53.4 Å². The van der Waals surface area contributed by atoms with Crippen molar-refractivity contribution in [2.45, 2.75) is 24.9 Å². The normalized spacial score (nSPS) is 17.2. The SMILES string of the molecule is COC1(c2noc(-c3ccc(Br)c(O)c3)n2)CCC1. The van der Waals surface area contributed by atoms with E-state index in [1.807, 2.05) is 0 Å². The molecule has 3 rings (SSSR count). The molecule has 1 fully saturated rings. The van der Waals surface area contributed by atoms with Crippen molar-refractivity contribution in [3.63, 3.8) is 0 Å². The lowest BCUT2D eigenvalue weighted by molar-refractivity contribution is -0.0858. The largest absolute Gasteiger partial charge is 0.507 e. The lowest BCUT2D eigenvalue weighted by Crippen LogP contribution is -2.37. The lowest BCUT2D eigenvalue weighted by Gasteiger charge is -2.37. The van der Waals surface area contributed by atoms with E-state index in [0.717, 1.165) is 19.3 Å². The molecule has 1 heterocycles. The van der Waals surface area contributed by atoms with Crippen molar-refractivity contribution >= 4 is 15.9 Å². The Morgan fingerprint density at radius 1 is 1.42 bits per heavy atom. The summed E-state index contributed by atoms with van der Waals surface area (Å²) < 4.78 is 11.4. The molecule has 0 unspecified atom stereocenters. The first kappa shape index (κ1) is 12.6. The van der Waals surface area contributed by atoms with Gasteiger partial charge in [0.05, 0.1) is 4.47 Å². The number of methoxy groups -OCH3 is 1. The highest BCUT2D eigenvalue weighted by Gasteiger charge is 2.43. The molecule has 0 bridgehead atoms. The van der Waals surface area contributed by atoms with Crippen LogP contribution in [0.25, 0.3) is 11.5 Å². The number of benzene rings is 1. The summed E-state index contributed by atoms with van der Waals surface area (Å²) in [6, 6.07) is 5.13. The topological polar surface area (TPSA) is 68.4 Å². The maximum Gasteiger partial charge on any atom is 0.258 e. The van der Waals surface area contributed by atoms with E-state index in [9.17, 15) is 5.11 Å². The zero-order valence-electron chi connectivity index (χ0n) is 10.4. The van der Waals surface area contributed by atoms with E-state index in [2.05, 4.69) is 26.1 Å². The Morgan fingerprint density at radius 3 is 2.79 bits per heavy atom. The van der Waals surface area contributed by atoms with E-state index in [1.54, 1.807) is 25.3 Å². The van der Waals surface area contributed by atoms with Crippen LogP contribution in [0.3, 0.4) is 0 Å². The number of ether oxygens (including phenoxy) is 1. The van der Waals surface area contributed by atoms with Gasteiger partial charge in [-0.3, -0.25) is 0 Å². The van der Waals surface area contributed by atoms with Crippen molar-refractivity contribution in [2.75, 3.05) is 7.11 Å². The van der Waals surface area contributed by atoms with E-state index in [-0.39, 0.29) is 11.4 Å². The molecular formula is C13H13BrN2O3. The number of phenolic OH excluding ortho intramolecular Hbond substituents is 1. The summed E-state index contributed by atoms with van der Waals surface area (Å²) in [5.41, 5.74) is 0.295. The fourth-order valence-electron chi connectivity index (χ4n) is 2.19. The van der Waals surface area contributed by atoms with E-state index in [4.69, 9.17) is 9.26 Å². The Kier molecular flexibility index (Phi) is 3.06. The molecule has 2 aromatic rings. The number of nitrogens with zero attached hydrogens (tertiary/aromatic N) is 2. The summed E-state index contributed by atoms with van der Waals surface area (Å²) in [4.78, 5) is 4.39. The maximum absolute atomic E-state index is 9.67. The molecule has 0 atom stereocenters. The molecule has 1 saturated carbocycles. The molecule has 0 amide bonds. The fourth-order valence-corrected chi connectivity index (χ4v) is 2.44. The Balaban J connectivity index is 1.94. The summed E-state index contributed by atoms with van der Waals surface area (Å²) in [6.07, 6.45) is 2.93. The van der Waals surface area contributed by atoms with Crippen LogP contribution in [0.5, 0.6) is 5.75 Å². The van der Waals surface area contributed by atoms with Crippen LogP contribution in [0, 0.1) is 0 Å². The van der Waals surface area contributed by atoms with E-state index >= 15 is 0 Å². The molecular weight excluding hydrogens is 312 g/mol. The number of phenols is 1. The average molecular weight is 325 g/mol. The second-order valence-corrected chi connectivity index (χ2v) is 5.50. The van der Waals surface area contributed by atoms with Crippen molar-refractivity contribution in [3.8, 4) is 17.2 Å². The number of aromatic hydroxyl groups is 1. The second-order valence-electron chi connectivity index (χ2n) is 4.64. The predicted molar refractivity (Wildman–Crippen MR) is 71.6 cm³/mol. The van der Waals surface area contributed by atoms with Crippen molar-refractivity contribution in [1.82, 2.24) is 10.1 Å². The van der Waals surface area contributed by atoms with Crippen LogP contribution in [0.15, 0.2) is 27.2 Å². The molecule has 19 heavy (non-hydrogen) atoms. The van der Waals surface area contributed by atoms with Crippen molar-refractivity contribution < 1.29 is 14.4 Å². The molecule has 1 N–H and O–H groups in total. The van der Waals surface area contributed by atoms with Gasteiger partial charge in [0, 0.05) is 12.7 Å². The lowest BCUT2D eigenvalue weighted by atomic mass is 9.79. The Bertz CT molecular complexity index is 602. The van der Waals surface area contributed by atoms with Gasteiger partial charge < -0.3 is 14.4 Å². The molecule has 0 aliphatic heterocycles. The highest BCUT2D eigenvalue weighted by atomic mass is 79.9. The Morgan fingerprint density at radius 2 is 2.21 bits per heavy atom. The summed E-state index contributed by atoms with van der Waals surface area (Å²) in [7, 11) is 1.67. The molecule has 1 aromatic heterocycles. The highest BCUT2D eigenvalue weighted by molar-refractivity contribution is 9.10. The van der Waals surface area contributed by atoms with Gasteiger partial charge in [0.25, 0.3) is 5.89 Å². The van der Waals surface area contributed by atoms with Gasteiger partial charge in [-0.1, -0.05) is 5.16 Å². The van der Waals surface area contributed by atoms with Crippen LogP contribution < -0.4 is 0 Å². The van der Waals surface area contributed by atoms with Crippen LogP contribution in [0.1, 0.15) is 25.1 Å². The fraction of sp³-hybridized carbons (Fsp3) is 0.385. The maximum atomic E-state index is 9.67. The number of hydrogen-bond acceptors (Lipinski definition) is 5. The molecule has 6 heteroatoms. The monoisotopic (exact) mass is 324 g/mol. The summed E-state index contributed by atoms with van der Waals surface area (Å²) >= 11 is 3.23. The molecule has 1 aliphatic carbocycles. The van der Waals surface area contributed by atoms with Crippen LogP contribution >= 0.6 is 15.9 Å².